The van der Waals surface area contributed by atoms with Crippen LogP contribution in [0.3, 0.4) is 0 Å². The second-order valence-corrected chi connectivity index (χ2v) is 5.40. The largest absolute Gasteiger partial charge is 0.508 e. The molecule has 0 aliphatic heterocycles. The number of aryl methyl sites for hydroxylation is 2. The number of aliphatic hydroxyl groups is 1. The van der Waals surface area contributed by atoms with Crippen LogP contribution < -0.4 is 5.32 Å². The number of aromatic nitrogens is 2. The molecular weight excluding hydrogens is 282 g/mol. The topological polar surface area (TPSA) is 87.4 Å². The van der Waals surface area contributed by atoms with Crippen molar-refractivity contribution >= 4 is 5.91 Å². The first kappa shape index (κ1) is 16.0. The minimum Gasteiger partial charge on any atom is -0.508 e. The van der Waals surface area contributed by atoms with Crippen molar-refractivity contribution in [1.82, 2.24) is 15.1 Å². The molecule has 1 aromatic heterocycles. The van der Waals surface area contributed by atoms with Crippen molar-refractivity contribution in [2.24, 2.45) is 0 Å². The molecular formula is C16H21N3O3. The van der Waals surface area contributed by atoms with Crippen LogP contribution >= 0.6 is 0 Å². The highest BCUT2D eigenvalue weighted by atomic mass is 16.3. The number of carbonyl (C=O) groups is 1. The molecule has 0 aliphatic carbocycles. The van der Waals surface area contributed by atoms with Gasteiger partial charge in [0.1, 0.15) is 12.3 Å². The number of nitrogens with one attached hydrogen (secondary N) is 1. The number of benzene rings is 1. The van der Waals surface area contributed by atoms with E-state index in [1.807, 2.05) is 19.9 Å². The number of aliphatic hydroxyl groups excluding tert-OH is 1. The van der Waals surface area contributed by atoms with E-state index in [-0.39, 0.29) is 30.9 Å². The SMILES string of the molecule is Cc1cc(C)n(CC(=O)N[C@H](CO)Cc2ccc(O)cc2)n1. The summed E-state index contributed by atoms with van der Waals surface area (Å²) in [7, 11) is 0. The van der Waals surface area contributed by atoms with Crippen LogP contribution in [0.1, 0.15) is 17.0 Å². The molecule has 118 valence electrons. The summed E-state index contributed by atoms with van der Waals surface area (Å²) in [5.41, 5.74) is 2.73. The summed E-state index contributed by atoms with van der Waals surface area (Å²) in [4.78, 5) is 12.1. The average molecular weight is 303 g/mol. The molecule has 0 saturated carbocycles. The smallest absolute Gasteiger partial charge is 0.242 e. The molecule has 0 bridgehead atoms. The van der Waals surface area contributed by atoms with E-state index in [0.717, 1.165) is 17.0 Å². The quantitative estimate of drug-likeness (QED) is 0.741. The van der Waals surface area contributed by atoms with Crippen LogP contribution in [0.25, 0.3) is 0 Å². The predicted octanol–water partition coefficient (Wildman–Crippen LogP) is 0.925. The summed E-state index contributed by atoms with van der Waals surface area (Å²) in [5.74, 6) is 0.00175. The van der Waals surface area contributed by atoms with Gasteiger partial charge in [-0.25, -0.2) is 0 Å². The van der Waals surface area contributed by atoms with Crippen molar-refractivity contribution in [2.75, 3.05) is 6.61 Å². The Kier molecular flexibility index (Phi) is 5.16. The van der Waals surface area contributed by atoms with Gasteiger partial charge in [-0.3, -0.25) is 9.48 Å². The number of phenols is 1. The highest BCUT2D eigenvalue weighted by molar-refractivity contribution is 5.76. The van der Waals surface area contributed by atoms with E-state index in [9.17, 15) is 15.0 Å². The van der Waals surface area contributed by atoms with Gasteiger partial charge in [-0.2, -0.15) is 5.10 Å². The highest BCUT2D eigenvalue weighted by Gasteiger charge is 2.14. The lowest BCUT2D eigenvalue weighted by Crippen LogP contribution is -2.41. The van der Waals surface area contributed by atoms with Gasteiger partial charge in [0.05, 0.1) is 18.3 Å². The van der Waals surface area contributed by atoms with Gasteiger partial charge in [0.15, 0.2) is 0 Å². The zero-order chi connectivity index (χ0) is 16.1. The number of aromatic hydroxyl groups is 1. The van der Waals surface area contributed by atoms with E-state index in [1.165, 1.54) is 0 Å². The predicted molar refractivity (Wildman–Crippen MR) is 82.5 cm³/mol. The molecule has 0 aliphatic rings. The summed E-state index contributed by atoms with van der Waals surface area (Å²) < 4.78 is 1.64. The lowest BCUT2D eigenvalue weighted by molar-refractivity contribution is -0.122. The molecule has 0 radical (unpaired) electrons. The summed E-state index contributed by atoms with van der Waals surface area (Å²) in [6.07, 6.45) is 0.500. The number of hydrogen-bond acceptors (Lipinski definition) is 4. The Morgan fingerprint density at radius 1 is 1.32 bits per heavy atom. The highest BCUT2D eigenvalue weighted by Crippen LogP contribution is 2.11. The second kappa shape index (κ2) is 7.09. The number of nitrogens with zero attached hydrogens (tertiary/aromatic N) is 2. The maximum absolute atomic E-state index is 12.1. The summed E-state index contributed by atoms with van der Waals surface area (Å²) in [6, 6.07) is 8.25. The zero-order valence-electron chi connectivity index (χ0n) is 12.8. The second-order valence-electron chi connectivity index (χ2n) is 5.40. The van der Waals surface area contributed by atoms with Crippen LogP contribution in [0.5, 0.6) is 5.75 Å². The maximum Gasteiger partial charge on any atom is 0.242 e. The van der Waals surface area contributed by atoms with E-state index in [1.54, 1.807) is 28.9 Å². The number of hydrogen-bond donors (Lipinski definition) is 3. The van der Waals surface area contributed by atoms with Gasteiger partial charge in [-0.15, -0.1) is 0 Å². The molecule has 1 aromatic carbocycles. The third-order valence-corrected chi connectivity index (χ3v) is 3.40. The molecule has 1 atom stereocenters. The molecule has 6 nitrogen and oxygen atoms in total. The molecule has 22 heavy (non-hydrogen) atoms. The Labute approximate surface area is 129 Å². The molecule has 2 aromatic rings. The maximum atomic E-state index is 12.1. The molecule has 1 amide bonds. The van der Waals surface area contributed by atoms with Crippen LogP contribution in [0.2, 0.25) is 0 Å². The summed E-state index contributed by atoms with van der Waals surface area (Å²) >= 11 is 0. The van der Waals surface area contributed by atoms with E-state index in [0.29, 0.717) is 6.42 Å². The van der Waals surface area contributed by atoms with Crippen LogP contribution in [-0.4, -0.2) is 38.5 Å². The third-order valence-electron chi connectivity index (χ3n) is 3.40. The van der Waals surface area contributed by atoms with Gasteiger partial charge < -0.3 is 15.5 Å². The first-order chi connectivity index (χ1) is 10.5. The van der Waals surface area contributed by atoms with Crippen molar-refractivity contribution < 1.29 is 15.0 Å². The Morgan fingerprint density at radius 2 is 2.00 bits per heavy atom. The fourth-order valence-corrected chi connectivity index (χ4v) is 2.32. The third kappa shape index (κ3) is 4.33. The zero-order valence-corrected chi connectivity index (χ0v) is 12.8. The first-order valence-electron chi connectivity index (χ1n) is 7.17. The molecule has 2 rings (SSSR count). The Morgan fingerprint density at radius 3 is 2.55 bits per heavy atom. The minimum atomic E-state index is -0.367. The van der Waals surface area contributed by atoms with Gasteiger partial charge in [0.25, 0.3) is 0 Å². The van der Waals surface area contributed by atoms with Gasteiger partial charge in [-0.1, -0.05) is 12.1 Å². The summed E-state index contributed by atoms with van der Waals surface area (Å²) in [6.45, 7) is 3.76. The summed E-state index contributed by atoms with van der Waals surface area (Å²) in [5, 5.41) is 25.7. The van der Waals surface area contributed by atoms with Crippen molar-refractivity contribution in [3.8, 4) is 5.75 Å². The van der Waals surface area contributed by atoms with E-state index < -0.39 is 0 Å². The Hall–Kier alpha value is -2.34. The lowest BCUT2D eigenvalue weighted by atomic mass is 10.1. The van der Waals surface area contributed by atoms with Crippen LogP contribution in [-0.2, 0) is 17.8 Å². The fraction of sp³-hybridized carbons (Fsp3) is 0.375. The molecule has 1 heterocycles. The number of carbonyl (C=O) groups excluding carboxylic acids is 1. The monoisotopic (exact) mass is 303 g/mol. The normalized spacial score (nSPS) is 12.1. The van der Waals surface area contributed by atoms with E-state index in [4.69, 9.17) is 0 Å². The Balaban J connectivity index is 1.93. The van der Waals surface area contributed by atoms with Crippen molar-refractivity contribution in [1.29, 1.82) is 0 Å². The van der Waals surface area contributed by atoms with Crippen molar-refractivity contribution in [3.63, 3.8) is 0 Å². The molecule has 0 saturated heterocycles. The number of rotatable bonds is 6. The number of phenolic OH excluding ortho intramolecular Hbond substituents is 1. The standard InChI is InChI=1S/C16H21N3O3/c1-11-7-12(2)19(18-11)9-16(22)17-14(10-20)8-13-3-5-15(21)6-4-13/h3-7,14,20-21H,8-10H2,1-2H3,(H,17,22)/t14-/m0/s1. The molecule has 6 heteroatoms. The van der Waals surface area contributed by atoms with E-state index in [2.05, 4.69) is 10.4 Å². The Bertz CT molecular complexity index is 635. The van der Waals surface area contributed by atoms with Crippen LogP contribution in [0.4, 0.5) is 0 Å². The van der Waals surface area contributed by atoms with E-state index >= 15 is 0 Å². The van der Waals surface area contributed by atoms with Crippen LogP contribution in [0, 0.1) is 13.8 Å². The van der Waals surface area contributed by atoms with Crippen molar-refractivity contribution in [2.45, 2.75) is 32.9 Å². The average Bonchev–Trinajstić information content (AvgIpc) is 2.78. The van der Waals surface area contributed by atoms with Gasteiger partial charge in [-0.05, 0) is 44.0 Å². The van der Waals surface area contributed by atoms with Gasteiger partial charge >= 0.3 is 0 Å². The minimum absolute atomic E-state index is 0.131. The van der Waals surface area contributed by atoms with Gasteiger partial charge in [0, 0.05) is 5.69 Å². The molecule has 0 unspecified atom stereocenters. The lowest BCUT2D eigenvalue weighted by Gasteiger charge is -2.17. The van der Waals surface area contributed by atoms with Crippen LogP contribution in [0.15, 0.2) is 30.3 Å². The molecule has 3 N–H and O–H groups in total. The fourth-order valence-electron chi connectivity index (χ4n) is 2.32. The number of amides is 1. The first-order valence-corrected chi connectivity index (χ1v) is 7.17. The van der Waals surface area contributed by atoms with Crippen molar-refractivity contribution in [3.05, 3.63) is 47.3 Å². The molecule has 0 spiro atoms. The molecule has 0 fully saturated rings. The van der Waals surface area contributed by atoms with Gasteiger partial charge in [0.2, 0.25) is 5.91 Å².